The molecule has 0 saturated heterocycles. The van der Waals surface area contributed by atoms with Gasteiger partial charge < -0.3 is 5.32 Å². The van der Waals surface area contributed by atoms with Gasteiger partial charge in [-0.3, -0.25) is 14.2 Å². The first kappa shape index (κ1) is 18.8. The van der Waals surface area contributed by atoms with Gasteiger partial charge in [-0.05, 0) is 31.5 Å². The summed E-state index contributed by atoms with van der Waals surface area (Å²) in [5.41, 5.74) is 1.56. The molecule has 0 saturated carbocycles. The van der Waals surface area contributed by atoms with E-state index in [-0.39, 0.29) is 5.91 Å². The fraction of sp³-hybridized carbons (Fsp3) is 0.235. The van der Waals surface area contributed by atoms with Gasteiger partial charge in [0.15, 0.2) is 5.82 Å². The lowest BCUT2D eigenvalue weighted by atomic mass is 10.2. The first-order valence-electron chi connectivity index (χ1n) is 7.83. The molecular weight excluding hydrogens is 397 g/mol. The molecule has 0 radical (unpaired) electrons. The summed E-state index contributed by atoms with van der Waals surface area (Å²) < 4.78 is 3.21. The number of amides is 1. The summed E-state index contributed by atoms with van der Waals surface area (Å²) >= 11 is 18.1. The number of nitrogens with zero attached hydrogens (tertiary/aromatic N) is 4. The summed E-state index contributed by atoms with van der Waals surface area (Å²) in [6.45, 7) is 3.99. The van der Waals surface area contributed by atoms with Crippen molar-refractivity contribution in [1.29, 1.82) is 0 Å². The molecule has 3 rings (SSSR count). The van der Waals surface area contributed by atoms with Crippen LogP contribution < -0.4 is 5.32 Å². The molecule has 1 unspecified atom stereocenters. The number of rotatable bonds is 5. The topological polar surface area (TPSA) is 64.7 Å². The maximum Gasteiger partial charge on any atom is 0.250 e. The third-order valence-electron chi connectivity index (χ3n) is 3.87. The predicted molar refractivity (Wildman–Crippen MR) is 103 cm³/mol. The van der Waals surface area contributed by atoms with Crippen molar-refractivity contribution in [3.8, 4) is 0 Å². The lowest BCUT2D eigenvalue weighted by Gasteiger charge is -2.11. The van der Waals surface area contributed by atoms with E-state index in [1.807, 2.05) is 6.07 Å². The van der Waals surface area contributed by atoms with E-state index < -0.39 is 6.04 Å². The minimum atomic E-state index is -0.517. The Labute approximate surface area is 165 Å². The summed E-state index contributed by atoms with van der Waals surface area (Å²) in [5, 5.41) is 13.0. The van der Waals surface area contributed by atoms with Gasteiger partial charge in [0.25, 0.3) is 0 Å². The highest BCUT2D eigenvalue weighted by molar-refractivity contribution is 6.35. The van der Waals surface area contributed by atoms with Crippen LogP contribution in [-0.4, -0.2) is 25.5 Å². The fourth-order valence-corrected chi connectivity index (χ4v) is 2.96. The highest BCUT2D eigenvalue weighted by Gasteiger charge is 2.18. The van der Waals surface area contributed by atoms with Crippen LogP contribution in [0.2, 0.25) is 15.1 Å². The number of benzene rings is 1. The standard InChI is InChI=1S/C17H16Cl3N5O/c1-10-15(20)9-25(22-10)11(2)17(26)21-16-5-6-24(23-16)8-12-3-4-13(18)7-14(12)19/h3-7,9,11H,8H2,1-2H3,(H,21,23,26). The van der Waals surface area contributed by atoms with E-state index in [2.05, 4.69) is 15.5 Å². The molecule has 136 valence electrons. The number of aryl methyl sites for hydroxylation is 1. The SMILES string of the molecule is Cc1nn(C(C)C(=O)Nc2ccn(Cc3ccc(Cl)cc3Cl)n2)cc1Cl. The van der Waals surface area contributed by atoms with Gasteiger partial charge in [-0.2, -0.15) is 10.2 Å². The van der Waals surface area contributed by atoms with E-state index in [9.17, 15) is 4.79 Å². The van der Waals surface area contributed by atoms with Crippen LogP contribution in [0.5, 0.6) is 0 Å². The number of nitrogens with one attached hydrogen (secondary N) is 1. The van der Waals surface area contributed by atoms with E-state index in [0.29, 0.717) is 33.1 Å². The van der Waals surface area contributed by atoms with Crippen LogP contribution in [-0.2, 0) is 11.3 Å². The molecule has 1 amide bonds. The summed E-state index contributed by atoms with van der Waals surface area (Å²) in [6, 6.07) is 6.50. The Bertz CT molecular complexity index is 930. The molecule has 1 aromatic carbocycles. The van der Waals surface area contributed by atoms with Crippen LogP contribution in [0.3, 0.4) is 0 Å². The number of anilines is 1. The van der Waals surface area contributed by atoms with Gasteiger partial charge in [0.1, 0.15) is 6.04 Å². The summed E-state index contributed by atoms with van der Waals surface area (Å²) in [7, 11) is 0. The highest BCUT2D eigenvalue weighted by atomic mass is 35.5. The average Bonchev–Trinajstić information content (AvgIpc) is 3.16. The number of hydrogen-bond donors (Lipinski definition) is 1. The highest BCUT2D eigenvalue weighted by Crippen LogP contribution is 2.22. The van der Waals surface area contributed by atoms with Crippen molar-refractivity contribution in [2.45, 2.75) is 26.4 Å². The molecular formula is C17H16Cl3N5O. The van der Waals surface area contributed by atoms with Crippen molar-refractivity contribution in [3.63, 3.8) is 0 Å². The first-order valence-corrected chi connectivity index (χ1v) is 8.96. The lowest BCUT2D eigenvalue weighted by Crippen LogP contribution is -2.24. The molecule has 1 atom stereocenters. The van der Waals surface area contributed by atoms with Gasteiger partial charge in [0.05, 0.1) is 17.3 Å². The van der Waals surface area contributed by atoms with Gasteiger partial charge in [-0.1, -0.05) is 40.9 Å². The Hall–Kier alpha value is -2.02. The molecule has 1 N–H and O–H groups in total. The van der Waals surface area contributed by atoms with Crippen LogP contribution >= 0.6 is 34.8 Å². The van der Waals surface area contributed by atoms with Crippen molar-refractivity contribution in [3.05, 3.63) is 63.0 Å². The Morgan fingerprint density at radius 2 is 1.96 bits per heavy atom. The Morgan fingerprint density at radius 3 is 2.62 bits per heavy atom. The van der Waals surface area contributed by atoms with Crippen LogP contribution in [0, 0.1) is 6.92 Å². The Kier molecular flexibility index (Phi) is 5.55. The molecule has 0 fully saturated rings. The third-order valence-corrected chi connectivity index (χ3v) is 4.83. The van der Waals surface area contributed by atoms with E-state index >= 15 is 0 Å². The number of halogens is 3. The summed E-state index contributed by atoms with van der Waals surface area (Å²) in [5.74, 6) is 0.209. The molecule has 3 aromatic rings. The maximum absolute atomic E-state index is 12.4. The smallest absolute Gasteiger partial charge is 0.250 e. The Morgan fingerprint density at radius 1 is 1.19 bits per heavy atom. The Balaban J connectivity index is 1.67. The average molecular weight is 413 g/mol. The zero-order chi connectivity index (χ0) is 18.8. The first-order chi connectivity index (χ1) is 12.3. The van der Waals surface area contributed by atoms with Gasteiger partial charge in [-0.25, -0.2) is 0 Å². The van der Waals surface area contributed by atoms with E-state index in [1.165, 1.54) is 4.68 Å². The van der Waals surface area contributed by atoms with Gasteiger partial charge >= 0.3 is 0 Å². The fourth-order valence-electron chi connectivity index (χ4n) is 2.35. The number of hydrogen-bond acceptors (Lipinski definition) is 3. The molecule has 0 aliphatic rings. The van der Waals surface area contributed by atoms with E-state index in [0.717, 1.165) is 5.56 Å². The van der Waals surface area contributed by atoms with Gasteiger partial charge in [0.2, 0.25) is 5.91 Å². The second kappa shape index (κ2) is 7.70. The molecule has 0 bridgehead atoms. The lowest BCUT2D eigenvalue weighted by molar-refractivity contribution is -0.119. The quantitative estimate of drug-likeness (QED) is 0.666. The van der Waals surface area contributed by atoms with Crippen molar-refractivity contribution in [1.82, 2.24) is 19.6 Å². The minimum Gasteiger partial charge on any atom is -0.307 e. The molecule has 26 heavy (non-hydrogen) atoms. The second-order valence-electron chi connectivity index (χ2n) is 5.84. The van der Waals surface area contributed by atoms with Gasteiger partial charge in [-0.15, -0.1) is 0 Å². The second-order valence-corrected chi connectivity index (χ2v) is 7.09. The summed E-state index contributed by atoms with van der Waals surface area (Å²) in [6.07, 6.45) is 3.39. The van der Waals surface area contributed by atoms with Crippen LogP contribution in [0.4, 0.5) is 5.82 Å². The monoisotopic (exact) mass is 411 g/mol. The third kappa shape index (κ3) is 4.20. The van der Waals surface area contributed by atoms with Crippen LogP contribution in [0.1, 0.15) is 24.2 Å². The molecule has 0 aliphatic heterocycles. The molecule has 0 aliphatic carbocycles. The van der Waals surface area contributed by atoms with Crippen molar-refractivity contribution in [2.24, 2.45) is 0 Å². The summed E-state index contributed by atoms with van der Waals surface area (Å²) in [4.78, 5) is 12.4. The van der Waals surface area contributed by atoms with Crippen LogP contribution in [0.15, 0.2) is 36.7 Å². The minimum absolute atomic E-state index is 0.237. The zero-order valence-corrected chi connectivity index (χ0v) is 16.3. The number of carbonyl (C=O) groups excluding carboxylic acids is 1. The molecule has 9 heteroatoms. The van der Waals surface area contributed by atoms with Gasteiger partial charge in [0, 0.05) is 28.5 Å². The van der Waals surface area contributed by atoms with Crippen molar-refractivity contribution in [2.75, 3.05) is 5.32 Å². The molecule has 2 heterocycles. The largest absolute Gasteiger partial charge is 0.307 e. The van der Waals surface area contributed by atoms with Crippen molar-refractivity contribution >= 4 is 46.5 Å². The zero-order valence-electron chi connectivity index (χ0n) is 14.1. The number of aromatic nitrogens is 4. The predicted octanol–water partition coefficient (Wildman–Crippen LogP) is 4.60. The van der Waals surface area contributed by atoms with Crippen molar-refractivity contribution < 1.29 is 4.79 Å². The molecule has 0 spiro atoms. The van der Waals surface area contributed by atoms with E-state index in [4.69, 9.17) is 34.8 Å². The number of carbonyl (C=O) groups is 1. The normalized spacial score (nSPS) is 12.2. The molecule has 6 nitrogen and oxygen atoms in total. The van der Waals surface area contributed by atoms with E-state index in [1.54, 1.807) is 49.1 Å². The maximum atomic E-state index is 12.4. The molecule has 2 aromatic heterocycles. The van der Waals surface area contributed by atoms with Crippen LogP contribution in [0.25, 0.3) is 0 Å².